The number of ether oxygens (including phenoxy) is 1. The molecular formula is C17H24N2O3. The molecule has 0 radical (unpaired) electrons. The molecule has 1 aliphatic rings. The molecule has 1 aromatic rings. The monoisotopic (exact) mass is 304 g/mol. The summed E-state index contributed by atoms with van der Waals surface area (Å²) < 4.78 is 5.21. The Morgan fingerprint density at radius 1 is 1.27 bits per heavy atom. The molecule has 1 heterocycles. The first-order valence-corrected chi connectivity index (χ1v) is 7.74. The van der Waals surface area contributed by atoms with E-state index in [4.69, 9.17) is 4.74 Å². The molecule has 0 bridgehead atoms. The van der Waals surface area contributed by atoms with Crippen molar-refractivity contribution in [2.75, 3.05) is 31.6 Å². The van der Waals surface area contributed by atoms with Crippen molar-refractivity contribution < 1.29 is 14.3 Å². The largest absolute Gasteiger partial charge is 0.378 e. The Bertz CT molecular complexity index is 549. The minimum absolute atomic E-state index is 0.119. The number of carbonyl (C=O) groups is 2. The topological polar surface area (TPSA) is 58.6 Å². The quantitative estimate of drug-likeness (QED) is 0.868. The van der Waals surface area contributed by atoms with Crippen molar-refractivity contribution >= 4 is 17.5 Å². The number of hydrogen-bond donors (Lipinski definition) is 1. The van der Waals surface area contributed by atoms with Gasteiger partial charge in [-0.05, 0) is 24.0 Å². The predicted molar refractivity (Wildman–Crippen MR) is 85.9 cm³/mol. The molecule has 1 N–H and O–H groups in total. The third-order valence-corrected chi connectivity index (χ3v) is 3.87. The predicted octanol–water partition coefficient (Wildman–Crippen LogP) is 2.31. The molecule has 1 aliphatic heterocycles. The van der Waals surface area contributed by atoms with Crippen LogP contribution in [0.1, 0.15) is 37.3 Å². The van der Waals surface area contributed by atoms with Crippen LogP contribution in [0.2, 0.25) is 0 Å². The summed E-state index contributed by atoms with van der Waals surface area (Å²) in [5.41, 5.74) is 2.93. The Balaban J connectivity index is 2.01. The Morgan fingerprint density at radius 2 is 1.95 bits per heavy atom. The molecule has 1 fully saturated rings. The minimum Gasteiger partial charge on any atom is -0.378 e. The van der Waals surface area contributed by atoms with Gasteiger partial charge in [0.25, 0.3) is 0 Å². The highest BCUT2D eigenvalue weighted by Crippen LogP contribution is 2.27. The molecule has 1 saturated heterocycles. The minimum atomic E-state index is -0.257. The molecule has 0 saturated carbocycles. The van der Waals surface area contributed by atoms with Gasteiger partial charge in [0.15, 0.2) is 0 Å². The standard InChI is InChI=1S/C17H24N2O3/c1-12(2)14-6-4-5-13(3)17(14)18-15(20)11-16(21)19-7-9-22-10-8-19/h4-6,12H,7-11H2,1-3H3,(H,18,20). The number of para-hydroxylation sites is 1. The molecule has 5 heteroatoms. The summed E-state index contributed by atoms with van der Waals surface area (Å²) in [5.74, 6) is -0.0849. The molecule has 0 atom stereocenters. The van der Waals surface area contributed by atoms with E-state index in [1.54, 1.807) is 4.90 Å². The Morgan fingerprint density at radius 3 is 2.59 bits per heavy atom. The van der Waals surface area contributed by atoms with Crippen LogP contribution >= 0.6 is 0 Å². The van der Waals surface area contributed by atoms with Crippen LogP contribution in [0.4, 0.5) is 5.69 Å². The Hall–Kier alpha value is -1.88. The van der Waals surface area contributed by atoms with E-state index in [9.17, 15) is 9.59 Å². The average Bonchev–Trinajstić information content (AvgIpc) is 2.49. The zero-order valence-corrected chi connectivity index (χ0v) is 13.5. The maximum Gasteiger partial charge on any atom is 0.233 e. The maximum absolute atomic E-state index is 12.2. The van der Waals surface area contributed by atoms with Gasteiger partial charge in [-0.15, -0.1) is 0 Å². The third kappa shape index (κ3) is 4.07. The van der Waals surface area contributed by atoms with Crippen molar-refractivity contribution in [2.24, 2.45) is 0 Å². The molecule has 2 amide bonds. The number of anilines is 1. The van der Waals surface area contributed by atoms with Gasteiger partial charge in [0.05, 0.1) is 13.2 Å². The van der Waals surface area contributed by atoms with Gasteiger partial charge < -0.3 is 15.0 Å². The molecule has 1 aromatic carbocycles. The highest BCUT2D eigenvalue weighted by Gasteiger charge is 2.20. The van der Waals surface area contributed by atoms with Gasteiger partial charge in [-0.1, -0.05) is 32.0 Å². The van der Waals surface area contributed by atoms with Gasteiger partial charge in [0.1, 0.15) is 6.42 Å². The maximum atomic E-state index is 12.2. The second-order valence-electron chi connectivity index (χ2n) is 5.91. The second-order valence-corrected chi connectivity index (χ2v) is 5.91. The summed E-state index contributed by atoms with van der Waals surface area (Å²) in [5, 5.41) is 2.91. The van der Waals surface area contributed by atoms with E-state index >= 15 is 0 Å². The number of amides is 2. The fourth-order valence-corrected chi connectivity index (χ4v) is 2.59. The van der Waals surface area contributed by atoms with E-state index in [0.717, 1.165) is 16.8 Å². The van der Waals surface area contributed by atoms with E-state index in [2.05, 4.69) is 19.2 Å². The SMILES string of the molecule is Cc1cccc(C(C)C)c1NC(=O)CC(=O)N1CCOCC1. The molecule has 22 heavy (non-hydrogen) atoms. The summed E-state index contributed by atoms with van der Waals surface area (Å²) in [6.45, 7) is 8.35. The van der Waals surface area contributed by atoms with Crippen LogP contribution in [0.25, 0.3) is 0 Å². The van der Waals surface area contributed by atoms with Crippen molar-refractivity contribution in [3.05, 3.63) is 29.3 Å². The summed E-state index contributed by atoms with van der Waals surface area (Å²) in [7, 11) is 0. The van der Waals surface area contributed by atoms with Crippen molar-refractivity contribution in [1.82, 2.24) is 4.90 Å². The number of nitrogens with one attached hydrogen (secondary N) is 1. The highest BCUT2D eigenvalue weighted by molar-refractivity contribution is 6.04. The van der Waals surface area contributed by atoms with Crippen LogP contribution in [-0.4, -0.2) is 43.0 Å². The molecule has 0 spiro atoms. The Kier molecular flexibility index (Phi) is 5.55. The molecule has 5 nitrogen and oxygen atoms in total. The van der Waals surface area contributed by atoms with Gasteiger partial charge in [-0.2, -0.15) is 0 Å². The van der Waals surface area contributed by atoms with Crippen LogP contribution in [0, 0.1) is 6.92 Å². The van der Waals surface area contributed by atoms with Crippen LogP contribution in [-0.2, 0) is 14.3 Å². The smallest absolute Gasteiger partial charge is 0.233 e. The lowest BCUT2D eigenvalue weighted by Gasteiger charge is -2.26. The second kappa shape index (κ2) is 7.40. The van der Waals surface area contributed by atoms with Crippen LogP contribution in [0.5, 0.6) is 0 Å². The number of rotatable bonds is 4. The van der Waals surface area contributed by atoms with Gasteiger partial charge in [-0.3, -0.25) is 9.59 Å². The average molecular weight is 304 g/mol. The van der Waals surface area contributed by atoms with Crippen molar-refractivity contribution in [3.8, 4) is 0 Å². The molecule has 120 valence electrons. The fourth-order valence-electron chi connectivity index (χ4n) is 2.59. The first kappa shape index (κ1) is 16.5. The number of aryl methyl sites for hydroxylation is 1. The summed E-state index contributed by atoms with van der Waals surface area (Å²) >= 11 is 0. The molecule has 2 rings (SSSR count). The summed E-state index contributed by atoms with van der Waals surface area (Å²) in [6.07, 6.45) is -0.119. The Labute approximate surface area is 131 Å². The summed E-state index contributed by atoms with van der Waals surface area (Å²) in [6, 6.07) is 5.96. The van der Waals surface area contributed by atoms with E-state index in [1.807, 2.05) is 25.1 Å². The molecule has 0 aromatic heterocycles. The van der Waals surface area contributed by atoms with Gasteiger partial charge in [-0.25, -0.2) is 0 Å². The van der Waals surface area contributed by atoms with E-state index in [-0.39, 0.29) is 18.2 Å². The normalized spacial score (nSPS) is 15.0. The van der Waals surface area contributed by atoms with E-state index in [1.165, 1.54) is 0 Å². The molecule has 0 unspecified atom stereocenters. The molecular weight excluding hydrogens is 280 g/mol. The van der Waals surface area contributed by atoms with Crippen molar-refractivity contribution in [3.63, 3.8) is 0 Å². The number of carbonyl (C=O) groups excluding carboxylic acids is 2. The van der Waals surface area contributed by atoms with E-state index < -0.39 is 0 Å². The first-order valence-electron chi connectivity index (χ1n) is 7.74. The summed E-state index contributed by atoms with van der Waals surface area (Å²) in [4.78, 5) is 26.0. The van der Waals surface area contributed by atoms with E-state index in [0.29, 0.717) is 32.2 Å². The zero-order chi connectivity index (χ0) is 16.1. The lowest BCUT2D eigenvalue weighted by atomic mass is 9.98. The third-order valence-electron chi connectivity index (χ3n) is 3.87. The van der Waals surface area contributed by atoms with Gasteiger partial charge in [0.2, 0.25) is 11.8 Å². The zero-order valence-electron chi connectivity index (χ0n) is 13.5. The first-order chi connectivity index (χ1) is 10.5. The number of benzene rings is 1. The lowest BCUT2D eigenvalue weighted by molar-refractivity contribution is -0.138. The molecule has 0 aliphatic carbocycles. The lowest BCUT2D eigenvalue weighted by Crippen LogP contribution is -2.42. The van der Waals surface area contributed by atoms with Crippen LogP contribution in [0.15, 0.2) is 18.2 Å². The van der Waals surface area contributed by atoms with Crippen molar-refractivity contribution in [2.45, 2.75) is 33.1 Å². The number of hydrogen-bond acceptors (Lipinski definition) is 3. The number of nitrogens with zero attached hydrogens (tertiary/aromatic N) is 1. The van der Waals surface area contributed by atoms with Gasteiger partial charge >= 0.3 is 0 Å². The van der Waals surface area contributed by atoms with Gasteiger partial charge in [0, 0.05) is 18.8 Å². The fraction of sp³-hybridized carbons (Fsp3) is 0.529. The van der Waals surface area contributed by atoms with Crippen molar-refractivity contribution in [1.29, 1.82) is 0 Å². The number of morpholine rings is 1. The highest BCUT2D eigenvalue weighted by atomic mass is 16.5. The van der Waals surface area contributed by atoms with Crippen LogP contribution in [0.3, 0.4) is 0 Å². The van der Waals surface area contributed by atoms with Crippen LogP contribution < -0.4 is 5.32 Å².